The van der Waals surface area contributed by atoms with Gasteiger partial charge in [-0.1, -0.05) is 6.08 Å². The monoisotopic (exact) mass is 286 g/mol. The van der Waals surface area contributed by atoms with Crippen LogP contribution in [0.4, 0.5) is 0 Å². The van der Waals surface area contributed by atoms with Gasteiger partial charge in [0, 0.05) is 24.9 Å². The standard InChI is InChI=1S/C14H14N4O3/c19-13-9(10-1-2-11(14(20)21)18(10)13)5-8-7-17-4-3-15-6-12(17)16-8/h2,5,7,10,15H,1,3-4,6H2,(H,20,21)/t10-/m1/s1. The lowest BCUT2D eigenvalue weighted by Crippen LogP contribution is -2.52. The van der Waals surface area contributed by atoms with E-state index in [1.165, 1.54) is 4.90 Å². The van der Waals surface area contributed by atoms with Crippen LogP contribution in [-0.2, 0) is 22.7 Å². The molecule has 108 valence electrons. The summed E-state index contributed by atoms with van der Waals surface area (Å²) in [7, 11) is 0. The van der Waals surface area contributed by atoms with Crippen molar-refractivity contribution >= 4 is 18.0 Å². The van der Waals surface area contributed by atoms with E-state index in [2.05, 4.69) is 14.9 Å². The van der Waals surface area contributed by atoms with Gasteiger partial charge in [-0.3, -0.25) is 9.69 Å². The van der Waals surface area contributed by atoms with Gasteiger partial charge in [0.2, 0.25) is 0 Å². The Labute approximate surface area is 120 Å². The molecule has 4 rings (SSSR count). The van der Waals surface area contributed by atoms with Gasteiger partial charge >= 0.3 is 5.97 Å². The Morgan fingerprint density at radius 3 is 3.14 bits per heavy atom. The second-order valence-electron chi connectivity index (χ2n) is 5.37. The first-order chi connectivity index (χ1) is 10.1. The number of nitrogens with one attached hydrogen (secondary N) is 1. The predicted octanol–water partition coefficient (Wildman–Crippen LogP) is -0.0473. The second-order valence-corrected chi connectivity index (χ2v) is 5.37. The molecule has 3 aliphatic heterocycles. The van der Waals surface area contributed by atoms with Crippen molar-refractivity contribution in [3.63, 3.8) is 0 Å². The number of nitrogens with zero attached hydrogens (tertiary/aromatic N) is 3. The molecule has 0 aliphatic carbocycles. The SMILES string of the molecule is O=C(O)C1=CC[C@@H]2C(=Cc3cn4c(n3)CNCC4)C(=O)N12. The number of carboxylic acid groups (broad SMARTS) is 1. The zero-order valence-corrected chi connectivity index (χ0v) is 11.2. The number of β-lactam (4-membered cyclic amide) rings is 1. The molecule has 0 unspecified atom stereocenters. The fourth-order valence-electron chi connectivity index (χ4n) is 3.12. The molecular formula is C14H14N4O3. The molecule has 2 N–H and O–H groups in total. The van der Waals surface area contributed by atoms with Crippen LogP contribution in [0.2, 0.25) is 0 Å². The van der Waals surface area contributed by atoms with E-state index in [0.717, 1.165) is 31.2 Å². The average molecular weight is 286 g/mol. The molecule has 3 aliphatic rings. The zero-order valence-electron chi connectivity index (χ0n) is 11.2. The summed E-state index contributed by atoms with van der Waals surface area (Å²) in [6.45, 7) is 2.53. The summed E-state index contributed by atoms with van der Waals surface area (Å²) in [6.07, 6.45) is 5.90. The molecule has 7 heteroatoms. The maximum absolute atomic E-state index is 12.1. The van der Waals surface area contributed by atoms with E-state index in [0.29, 0.717) is 12.0 Å². The van der Waals surface area contributed by atoms with Crippen LogP contribution >= 0.6 is 0 Å². The lowest BCUT2D eigenvalue weighted by molar-refractivity contribution is -0.142. The van der Waals surface area contributed by atoms with Gasteiger partial charge in [0.05, 0.1) is 18.3 Å². The Morgan fingerprint density at radius 2 is 2.38 bits per heavy atom. The van der Waals surface area contributed by atoms with Crippen LogP contribution < -0.4 is 5.32 Å². The van der Waals surface area contributed by atoms with Crippen molar-refractivity contribution in [2.75, 3.05) is 6.54 Å². The van der Waals surface area contributed by atoms with Gasteiger partial charge < -0.3 is 15.0 Å². The first-order valence-corrected chi connectivity index (χ1v) is 6.90. The molecule has 0 aromatic carbocycles. The Bertz CT molecular complexity index is 692. The van der Waals surface area contributed by atoms with Gasteiger partial charge in [0.25, 0.3) is 5.91 Å². The molecule has 1 aromatic heterocycles. The number of carboxylic acids is 1. The molecule has 21 heavy (non-hydrogen) atoms. The van der Waals surface area contributed by atoms with Crippen molar-refractivity contribution in [1.82, 2.24) is 19.8 Å². The van der Waals surface area contributed by atoms with E-state index in [4.69, 9.17) is 5.11 Å². The number of imidazole rings is 1. The van der Waals surface area contributed by atoms with Gasteiger partial charge in [-0.25, -0.2) is 9.78 Å². The number of aromatic nitrogens is 2. The third kappa shape index (κ3) is 1.74. The van der Waals surface area contributed by atoms with Crippen molar-refractivity contribution in [3.05, 3.63) is 35.1 Å². The van der Waals surface area contributed by atoms with Crippen LogP contribution in [0.1, 0.15) is 17.9 Å². The fraction of sp³-hybridized carbons (Fsp3) is 0.357. The van der Waals surface area contributed by atoms with E-state index in [1.54, 1.807) is 12.2 Å². The lowest BCUT2D eigenvalue weighted by atomic mass is 9.94. The predicted molar refractivity (Wildman–Crippen MR) is 72.9 cm³/mol. The number of amides is 1. The van der Waals surface area contributed by atoms with Crippen molar-refractivity contribution in [2.24, 2.45) is 0 Å². The summed E-state index contributed by atoms with van der Waals surface area (Å²) in [6, 6.07) is -0.138. The minimum absolute atomic E-state index is 0.0930. The summed E-state index contributed by atoms with van der Waals surface area (Å²) in [5, 5.41) is 12.3. The summed E-state index contributed by atoms with van der Waals surface area (Å²) in [5.74, 6) is -0.309. The van der Waals surface area contributed by atoms with Crippen LogP contribution in [0.25, 0.3) is 6.08 Å². The Hall–Kier alpha value is -2.41. The summed E-state index contributed by atoms with van der Waals surface area (Å²) < 4.78 is 2.08. The average Bonchev–Trinajstić information content (AvgIpc) is 3.05. The van der Waals surface area contributed by atoms with Crippen LogP contribution in [0.5, 0.6) is 0 Å². The summed E-state index contributed by atoms with van der Waals surface area (Å²) in [5.41, 5.74) is 1.50. The van der Waals surface area contributed by atoms with Crippen molar-refractivity contribution in [1.29, 1.82) is 0 Å². The minimum atomic E-state index is -1.05. The Kier molecular flexibility index (Phi) is 2.52. The quantitative estimate of drug-likeness (QED) is 0.588. The maximum Gasteiger partial charge on any atom is 0.352 e. The maximum atomic E-state index is 12.1. The lowest BCUT2D eigenvalue weighted by Gasteiger charge is -2.38. The molecule has 1 atom stereocenters. The molecule has 1 aromatic rings. The van der Waals surface area contributed by atoms with Crippen LogP contribution in [0.15, 0.2) is 23.5 Å². The smallest absolute Gasteiger partial charge is 0.352 e. The minimum Gasteiger partial charge on any atom is -0.477 e. The summed E-state index contributed by atoms with van der Waals surface area (Å²) in [4.78, 5) is 29.0. The molecule has 0 bridgehead atoms. The van der Waals surface area contributed by atoms with Gasteiger partial charge in [-0.15, -0.1) is 0 Å². The van der Waals surface area contributed by atoms with E-state index in [9.17, 15) is 9.59 Å². The zero-order chi connectivity index (χ0) is 14.6. The molecule has 0 saturated carbocycles. The van der Waals surface area contributed by atoms with E-state index < -0.39 is 5.97 Å². The highest BCUT2D eigenvalue weighted by atomic mass is 16.4. The Balaban J connectivity index is 1.60. The normalized spacial score (nSPS) is 25.4. The van der Waals surface area contributed by atoms with Crippen molar-refractivity contribution in [3.8, 4) is 0 Å². The molecule has 0 radical (unpaired) electrons. The number of rotatable bonds is 2. The second kappa shape index (κ2) is 4.29. The highest BCUT2D eigenvalue weighted by Crippen LogP contribution is 2.38. The number of fused-ring (bicyclic) bond motifs is 2. The van der Waals surface area contributed by atoms with E-state index >= 15 is 0 Å². The number of hydrogen-bond acceptors (Lipinski definition) is 4. The topological polar surface area (TPSA) is 87.5 Å². The fourth-order valence-corrected chi connectivity index (χ4v) is 3.12. The molecular weight excluding hydrogens is 272 g/mol. The van der Waals surface area contributed by atoms with Gasteiger partial charge in [0.15, 0.2) is 0 Å². The molecule has 0 spiro atoms. The van der Waals surface area contributed by atoms with Crippen molar-refractivity contribution in [2.45, 2.75) is 25.6 Å². The largest absolute Gasteiger partial charge is 0.477 e. The highest BCUT2D eigenvalue weighted by Gasteiger charge is 2.48. The first-order valence-electron chi connectivity index (χ1n) is 6.90. The van der Waals surface area contributed by atoms with Gasteiger partial charge in [-0.05, 0) is 12.5 Å². The summed E-state index contributed by atoms with van der Waals surface area (Å²) >= 11 is 0. The van der Waals surface area contributed by atoms with Crippen LogP contribution in [0.3, 0.4) is 0 Å². The van der Waals surface area contributed by atoms with Gasteiger partial charge in [0.1, 0.15) is 11.5 Å². The molecule has 1 amide bonds. The molecule has 7 nitrogen and oxygen atoms in total. The molecule has 1 saturated heterocycles. The third-order valence-corrected chi connectivity index (χ3v) is 4.14. The van der Waals surface area contributed by atoms with E-state index in [1.807, 2.05) is 6.20 Å². The van der Waals surface area contributed by atoms with Gasteiger partial charge in [-0.2, -0.15) is 0 Å². The molecule has 1 fully saturated rings. The number of carbonyl (C=O) groups is 2. The Morgan fingerprint density at radius 1 is 1.52 bits per heavy atom. The number of aliphatic carboxylic acids is 1. The van der Waals surface area contributed by atoms with Crippen molar-refractivity contribution < 1.29 is 14.7 Å². The van der Waals surface area contributed by atoms with E-state index in [-0.39, 0.29) is 17.6 Å². The molecule has 4 heterocycles. The first kappa shape index (κ1) is 12.3. The number of hydrogen-bond donors (Lipinski definition) is 2. The van der Waals surface area contributed by atoms with Crippen LogP contribution in [0, 0.1) is 0 Å². The highest BCUT2D eigenvalue weighted by molar-refractivity contribution is 6.10. The third-order valence-electron chi connectivity index (χ3n) is 4.14. The number of carbonyl (C=O) groups excluding carboxylic acids is 1. The van der Waals surface area contributed by atoms with Crippen LogP contribution in [-0.4, -0.2) is 44.0 Å².